The molecule has 0 aromatic carbocycles. The van der Waals surface area contributed by atoms with Crippen LogP contribution in [0.4, 0.5) is 0 Å². The lowest BCUT2D eigenvalue weighted by Gasteiger charge is -1.73. The minimum absolute atomic E-state index is 3.47. The Morgan fingerprint density at radius 2 is 0.900 bits per heavy atom. The zero-order valence-electron chi connectivity index (χ0n) is 4.24. The lowest BCUT2D eigenvalue weighted by atomic mass is 15.8. The van der Waals surface area contributed by atoms with Crippen LogP contribution >= 0.6 is 0 Å². The molecule has 0 fully saturated rings. The van der Waals surface area contributed by atoms with Gasteiger partial charge in [-0.15, -0.1) is 0 Å². The summed E-state index contributed by atoms with van der Waals surface area (Å²) in [5.74, 6) is 0. The first kappa shape index (κ1) is 12.8. The van der Waals surface area contributed by atoms with Crippen molar-refractivity contribution in [1.29, 1.82) is 0 Å². The summed E-state index contributed by atoms with van der Waals surface area (Å²) in [5, 5.41) is 0. The van der Waals surface area contributed by atoms with Crippen LogP contribution in [0, 0.1) is 0 Å². The van der Waals surface area contributed by atoms with Crippen molar-refractivity contribution in [2.45, 2.75) is 0 Å². The second kappa shape index (κ2) is 4.12. The molecular weight excluding hydrogens is 208 g/mol. The molecule has 10 heteroatoms. The molecule has 0 rings (SSSR count). The average molecular weight is 212 g/mol. The highest BCUT2D eigenvalue weighted by atomic mass is 32.9. The fourth-order valence-corrected chi connectivity index (χ4v) is 0. The molecule has 4 N–H and O–H groups in total. The van der Waals surface area contributed by atoms with Crippen molar-refractivity contribution >= 4 is 30.6 Å². The van der Waals surface area contributed by atoms with Gasteiger partial charge in [-0.1, -0.05) is 0 Å². The molecule has 0 heterocycles. The minimum atomic E-state index is -4.67. The van der Waals surface area contributed by atoms with Gasteiger partial charge in [0.25, 0.3) is 9.05 Å². The molecular formula is H4O7S3. The Morgan fingerprint density at radius 1 is 0.900 bits per heavy atom. The second-order valence-corrected chi connectivity index (χ2v) is 3.99. The Balaban J connectivity index is 0. The maximum Gasteiger partial charge on any atom is 0.394 e. The Bertz CT molecular complexity index is 205. The van der Waals surface area contributed by atoms with E-state index in [2.05, 4.69) is 11.2 Å². The van der Waals surface area contributed by atoms with E-state index in [9.17, 15) is 0 Å². The van der Waals surface area contributed by atoms with Gasteiger partial charge in [-0.3, -0.25) is 18.2 Å². The summed E-state index contributed by atoms with van der Waals surface area (Å²) in [7, 11) is -8.50. The van der Waals surface area contributed by atoms with Gasteiger partial charge in [0.05, 0.1) is 0 Å². The first-order valence-corrected chi connectivity index (χ1v) is 5.19. The number of hydrogen-bond donors (Lipinski definition) is 4. The zero-order chi connectivity index (χ0) is 9.00. The van der Waals surface area contributed by atoms with Crippen LogP contribution in [0.25, 0.3) is 0 Å². The molecule has 0 bridgehead atoms. The molecule has 0 radical (unpaired) electrons. The quantitative estimate of drug-likeness (QED) is 0.377. The van der Waals surface area contributed by atoms with E-state index < -0.39 is 19.5 Å². The monoisotopic (exact) mass is 212 g/mol. The molecule has 0 saturated heterocycles. The van der Waals surface area contributed by atoms with Crippen LogP contribution in [0.15, 0.2) is 0 Å². The maximum atomic E-state index is 9.11. The van der Waals surface area contributed by atoms with Gasteiger partial charge < -0.3 is 0 Å². The Morgan fingerprint density at radius 3 is 0.900 bits per heavy atom. The first-order valence-electron chi connectivity index (χ1n) is 1.40. The summed E-state index contributed by atoms with van der Waals surface area (Å²) in [6.45, 7) is 0. The number of rotatable bonds is 0. The van der Waals surface area contributed by atoms with Crippen molar-refractivity contribution in [3.05, 3.63) is 0 Å². The normalized spacial score (nSPS) is 11.6. The van der Waals surface area contributed by atoms with E-state index in [1.165, 1.54) is 0 Å². The topological polar surface area (TPSA) is 132 Å². The highest BCUT2D eigenvalue weighted by Crippen LogP contribution is 1.62. The van der Waals surface area contributed by atoms with E-state index in [0.717, 1.165) is 0 Å². The smallest absolute Gasteiger partial charge is 0.285 e. The second-order valence-electron chi connectivity index (χ2n) is 0.896. The molecule has 0 aromatic rings. The Hall–Kier alpha value is 0.160. The SMILES string of the molecule is O=S(=O)(O)O.O=S(O)(O)=S. The van der Waals surface area contributed by atoms with Gasteiger partial charge >= 0.3 is 10.4 Å². The fourth-order valence-electron chi connectivity index (χ4n) is 0. The molecule has 0 aliphatic carbocycles. The fraction of sp³-hybridized carbons (Fsp3) is 0. The van der Waals surface area contributed by atoms with Crippen LogP contribution in [0.3, 0.4) is 0 Å². The van der Waals surface area contributed by atoms with Crippen molar-refractivity contribution in [2.75, 3.05) is 0 Å². The third kappa shape index (κ3) is 16300. The van der Waals surface area contributed by atoms with E-state index >= 15 is 0 Å². The maximum absolute atomic E-state index is 9.11. The predicted molar refractivity (Wildman–Crippen MR) is 34.9 cm³/mol. The summed E-state index contributed by atoms with van der Waals surface area (Å²) in [5.41, 5.74) is 0. The third-order valence-electron chi connectivity index (χ3n) is 0. The van der Waals surface area contributed by atoms with Crippen molar-refractivity contribution in [3.8, 4) is 0 Å². The highest BCUT2D eigenvalue weighted by Gasteiger charge is 1.84. The third-order valence-corrected chi connectivity index (χ3v) is 0. The van der Waals surface area contributed by atoms with Crippen LogP contribution in [-0.4, -0.2) is 30.8 Å². The van der Waals surface area contributed by atoms with Gasteiger partial charge in [0.2, 0.25) is 0 Å². The first-order chi connectivity index (χ1) is 4.00. The summed E-state index contributed by atoms with van der Waals surface area (Å²) in [6, 6.07) is 0. The predicted octanol–water partition coefficient (Wildman–Crippen LogP) is -0.974. The Kier molecular flexibility index (Phi) is 5.28. The van der Waals surface area contributed by atoms with Crippen LogP contribution in [0.5, 0.6) is 0 Å². The van der Waals surface area contributed by atoms with Crippen molar-refractivity contribution in [2.24, 2.45) is 0 Å². The number of hydrogen-bond acceptors (Lipinski definition) is 4. The van der Waals surface area contributed by atoms with E-state index in [1.807, 2.05) is 0 Å². The van der Waals surface area contributed by atoms with E-state index in [1.54, 1.807) is 0 Å². The van der Waals surface area contributed by atoms with E-state index in [4.69, 9.17) is 30.8 Å². The molecule has 7 nitrogen and oxygen atoms in total. The molecule has 0 unspecified atom stereocenters. The minimum Gasteiger partial charge on any atom is -0.285 e. The lowest BCUT2D eigenvalue weighted by molar-refractivity contribution is 0.381. The van der Waals surface area contributed by atoms with E-state index in [-0.39, 0.29) is 0 Å². The molecule has 0 aromatic heterocycles. The highest BCUT2D eigenvalue weighted by molar-refractivity contribution is 8.26. The van der Waals surface area contributed by atoms with Crippen molar-refractivity contribution in [3.63, 3.8) is 0 Å². The van der Waals surface area contributed by atoms with Gasteiger partial charge in [0, 0.05) is 11.2 Å². The van der Waals surface area contributed by atoms with Crippen LogP contribution in [-0.2, 0) is 30.6 Å². The molecule has 0 aliphatic heterocycles. The summed E-state index contributed by atoms with van der Waals surface area (Å²) >= 11 is 3.47. The molecule has 64 valence electrons. The van der Waals surface area contributed by atoms with Gasteiger partial charge in [0.15, 0.2) is 0 Å². The largest absolute Gasteiger partial charge is 0.394 e. The van der Waals surface area contributed by atoms with Crippen LogP contribution in [0.1, 0.15) is 0 Å². The van der Waals surface area contributed by atoms with E-state index in [0.29, 0.717) is 0 Å². The molecule has 0 atom stereocenters. The van der Waals surface area contributed by atoms with Gasteiger partial charge in [-0.2, -0.15) is 12.6 Å². The summed E-state index contributed by atoms with van der Waals surface area (Å²) in [6.07, 6.45) is 0. The van der Waals surface area contributed by atoms with Crippen molar-refractivity contribution < 1.29 is 30.8 Å². The average Bonchev–Trinajstić information content (AvgIpc) is 1.12. The van der Waals surface area contributed by atoms with Gasteiger partial charge in [-0.05, 0) is 0 Å². The summed E-state index contributed by atoms with van der Waals surface area (Å²) < 4.78 is 55.5. The molecule has 0 saturated carbocycles. The summed E-state index contributed by atoms with van der Waals surface area (Å²) in [4.78, 5) is 0. The van der Waals surface area contributed by atoms with Crippen LogP contribution in [0.2, 0.25) is 0 Å². The molecule has 0 amide bonds. The molecule has 10 heavy (non-hydrogen) atoms. The van der Waals surface area contributed by atoms with Gasteiger partial charge in [0.1, 0.15) is 0 Å². The van der Waals surface area contributed by atoms with Crippen LogP contribution < -0.4 is 0 Å². The standard InChI is InChI=1S/H2O4S.H2O3S2/c2*1-5(2,3)4/h2*(H2,1,2,3,4). The molecule has 0 aliphatic rings. The van der Waals surface area contributed by atoms with Crippen molar-refractivity contribution in [1.82, 2.24) is 0 Å². The molecule has 0 spiro atoms. The van der Waals surface area contributed by atoms with Gasteiger partial charge in [-0.25, -0.2) is 0 Å². The lowest BCUT2D eigenvalue weighted by Crippen LogP contribution is -1.89. The Labute approximate surface area is 62.0 Å². The zero-order valence-corrected chi connectivity index (χ0v) is 6.69.